The van der Waals surface area contributed by atoms with Gasteiger partial charge >= 0.3 is 27.3 Å². The zero-order chi connectivity index (χ0) is 45.9. The minimum Gasteiger partial charge on any atom is -0.452 e. The summed E-state index contributed by atoms with van der Waals surface area (Å²) >= 11 is 0. The van der Waals surface area contributed by atoms with Gasteiger partial charge in [0.25, 0.3) is 0 Å². The number of rotatable bonds is 18. The van der Waals surface area contributed by atoms with Gasteiger partial charge in [-0.15, -0.1) is 6.58 Å². The second kappa shape index (κ2) is 19.3. The summed E-state index contributed by atoms with van der Waals surface area (Å²) in [4.78, 5) is 89.3. The van der Waals surface area contributed by atoms with E-state index >= 15 is 0 Å². The fourth-order valence-corrected chi connectivity index (χ4v) is 8.42. The number of ether oxygens (including phenoxy) is 3. The number of nitrogens with two attached hydrogens (primary N) is 2. The van der Waals surface area contributed by atoms with E-state index in [9.17, 15) is 43.3 Å². The summed E-state index contributed by atoms with van der Waals surface area (Å²) in [6, 6.07) is 8.55. The summed E-state index contributed by atoms with van der Waals surface area (Å²) < 4.78 is 60.6. The van der Waals surface area contributed by atoms with E-state index < -0.39 is 83.5 Å². The Labute approximate surface area is 362 Å². The summed E-state index contributed by atoms with van der Waals surface area (Å²) in [6.07, 6.45) is -4.67. The maximum absolute atomic E-state index is 14.2. The van der Waals surface area contributed by atoms with Crippen molar-refractivity contribution in [2.45, 2.75) is 75.6 Å². The number of nitrogens with one attached hydrogen (secondary N) is 1. The first kappa shape index (κ1) is 46.4. The van der Waals surface area contributed by atoms with E-state index in [-0.39, 0.29) is 60.2 Å². The number of phosphoric ester groups is 2. The van der Waals surface area contributed by atoms with Crippen LogP contribution in [0.2, 0.25) is 0 Å². The Bertz CT molecular complexity index is 2630. The van der Waals surface area contributed by atoms with E-state index in [0.29, 0.717) is 23.3 Å². The molecule has 1 amide bonds. The second-order valence-electron chi connectivity index (χ2n) is 14.8. The average Bonchev–Trinajstić information content (AvgIpc) is 4.03. The quantitative estimate of drug-likeness (QED) is 0.0415. The largest absolute Gasteiger partial charge is 0.472 e. The Hall–Kier alpha value is -5.56. The smallest absolute Gasteiger partial charge is 0.452 e. The summed E-state index contributed by atoms with van der Waals surface area (Å²) in [5.74, 6) is -1.35. The summed E-state index contributed by atoms with van der Waals surface area (Å²) in [7, 11) is -10.3. The van der Waals surface area contributed by atoms with Gasteiger partial charge in [-0.25, -0.2) is 38.7 Å². The number of nitrogens with zero attached hydrogens (tertiary/aromatic N) is 7. The fraction of sp³-hybridized carbons (Fsp3) is 0.405. The molecule has 0 saturated carbocycles. The Morgan fingerprint density at radius 3 is 2.50 bits per heavy atom. The number of fused-ring (bicyclic) bond motifs is 1. The first-order chi connectivity index (χ1) is 30.4. The number of aromatic nitrogens is 6. The molecule has 0 bridgehead atoms. The van der Waals surface area contributed by atoms with Crippen LogP contribution in [0.15, 0.2) is 77.3 Å². The number of esters is 1. The molecule has 0 radical (unpaired) electrons. The van der Waals surface area contributed by atoms with Crippen molar-refractivity contribution in [1.82, 2.24) is 34.4 Å². The molecule has 3 aliphatic heterocycles. The Kier molecular flexibility index (Phi) is 14.0. The zero-order valence-electron chi connectivity index (χ0n) is 33.9. The predicted octanol–water partition coefficient (Wildman–Crippen LogP) is 0.964. The van der Waals surface area contributed by atoms with Crippen LogP contribution in [0.5, 0.6) is 0 Å². The lowest BCUT2D eigenvalue weighted by molar-refractivity contribution is -0.151. The van der Waals surface area contributed by atoms with Crippen molar-refractivity contribution in [1.29, 1.82) is 0 Å². The van der Waals surface area contributed by atoms with Crippen LogP contribution in [0, 0.1) is 6.92 Å². The molecule has 0 spiro atoms. The van der Waals surface area contributed by atoms with E-state index in [4.69, 9.17) is 34.7 Å². The minimum atomic E-state index is -5.23. The molecule has 2 saturated heterocycles. The van der Waals surface area contributed by atoms with Crippen LogP contribution in [0.1, 0.15) is 49.3 Å². The van der Waals surface area contributed by atoms with Crippen molar-refractivity contribution in [2.75, 3.05) is 31.2 Å². The van der Waals surface area contributed by atoms with Gasteiger partial charge < -0.3 is 50.8 Å². The molecule has 8 atom stereocenters. The van der Waals surface area contributed by atoms with E-state index in [0.717, 1.165) is 16.5 Å². The molecular formula is C37H44N10O15P2. The van der Waals surface area contributed by atoms with Crippen molar-refractivity contribution < 1.29 is 66.3 Å². The van der Waals surface area contributed by atoms with Gasteiger partial charge in [0, 0.05) is 31.2 Å². The van der Waals surface area contributed by atoms with E-state index in [1.54, 1.807) is 18.2 Å². The highest BCUT2D eigenvalue weighted by Crippen LogP contribution is 2.50. The van der Waals surface area contributed by atoms with Gasteiger partial charge in [-0.1, -0.05) is 35.9 Å². The van der Waals surface area contributed by atoms with Crippen LogP contribution in [0.25, 0.3) is 16.7 Å². The molecule has 2 fully saturated rings. The maximum Gasteiger partial charge on any atom is 0.472 e. The summed E-state index contributed by atoms with van der Waals surface area (Å²) in [6.45, 7) is 3.81. The zero-order valence-corrected chi connectivity index (χ0v) is 35.6. The van der Waals surface area contributed by atoms with Crippen molar-refractivity contribution in [2.24, 2.45) is 4.99 Å². The van der Waals surface area contributed by atoms with Crippen LogP contribution in [0.3, 0.4) is 0 Å². The third-order valence-electron chi connectivity index (χ3n) is 10.2. The van der Waals surface area contributed by atoms with Gasteiger partial charge in [-0.2, -0.15) is 4.98 Å². The number of aryl methyl sites for hydroxylation is 1. The van der Waals surface area contributed by atoms with Crippen LogP contribution in [-0.4, -0.2) is 117 Å². The third-order valence-corrected chi connectivity index (χ3v) is 11.7. The Balaban J connectivity index is 1.14. The SMILES string of the molecule is C=CCCC(=O)NCC1=NC(C(=O)OC2[C@@H](COP(=O)(O)OC3C[C@H](n4ccc(N)nc4=O)O[C@@H]3COP(=O)(O)O)O[C@@H](n3cnc4c(N)ncnc43)[C@H]2O)=C(c2ccc(C)cc2)C1. The standard InChI is InChI=1S/C37H44N10O15P2/c1-3-4-5-27(48)40-14-21-12-22(20-8-6-19(2)7-9-20)29(44-21)36(50)61-32-25(60-35(31(32)49)47-18-43-30-33(39)41-17-42-34(30)47)16-58-64(55,56)62-23-13-28(46-11-10-26(38)45-37(46)51)59-24(23)15-57-63(52,53)54/h3,6-11,17-18,23-25,28,31-32,35,49H,1,4-5,12-16H2,2H3,(H,40,48)(H,55,56)(H2,38,45,51)(H2,39,41,42)(H2,52,53,54)/t23?,24-,25-,28-,31+,32?,35-/m1/s1. The normalized spacial score (nSPS) is 24.5. The molecule has 7 rings (SSSR count). The van der Waals surface area contributed by atoms with Crippen molar-refractivity contribution in [3.8, 4) is 0 Å². The van der Waals surface area contributed by atoms with Crippen LogP contribution in [-0.2, 0) is 46.5 Å². The molecule has 64 heavy (non-hydrogen) atoms. The van der Waals surface area contributed by atoms with E-state index in [1.165, 1.54) is 23.2 Å². The Morgan fingerprint density at radius 1 is 1.03 bits per heavy atom. The molecule has 3 unspecified atom stereocenters. The van der Waals surface area contributed by atoms with Gasteiger partial charge in [0.2, 0.25) is 5.91 Å². The first-order valence-electron chi connectivity index (χ1n) is 19.5. The molecule has 342 valence electrons. The topological polar surface area (TPSA) is 359 Å². The van der Waals surface area contributed by atoms with Crippen LogP contribution >= 0.6 is 15.6 Å². The number of aliphatic hydroxyl groups excluding tert-OH is 1. The van der Waals surface area contributed by atoms with Crippen molar-refractivity contribution in [3.05, 3.63) is 89.1 Å². The number of hydrogen-bond donors (Lipinski definition) is 7. The van der Waals surface area contributed by atoms with Gasteiger partial charge in [0.1, 0.15) is 48.3 Å². The highest BCUT2D eigenvalue weighted by molar-refractivity contribution is 7.47. The van der Waals surface area contributed by atoms with E-state index in [1.807, 2.05) is 19.1 Å². The monoisotopic (exact) mass is 930 g/mol. The number of aliphatic imine (C=N–C) groups is 1. The first-order valence-corrected chi connectivity index (χ1v) is 22.5. The number of hydrogen-bond acceptors (Lipinski definition) is 19. The number of carbonyl (C=O) groups is 2. The molecule has 1 aromatic carbocycles. The summed E-state index contributed by atoms with van der Waals surface area (Å²) in [5, 5.41) is 14.6. The minimum absolute atomic E-state index is 0.0139. The number of anilines is 2. The highest BCUT2D eigenvalue weighted by Gasteiger charge is 2.50. The molecule has 0 aliphatic carbocycles. The number of aliphatic hydroxyl groups is 1. The average molecular weight is 931 g/mol. The molecule has 27 heteroatoms. The molecular weight excluding hydrogens is 886 g/mol. The highest BCUT2D eigenvalue weighted by atomic mass is 31.2. The molecule has 25 nitrogen and oxygen atoms in total. The van der Waals surface area contributed by atoms with Crippen LogP contribution < -0.4 is 22.5 Å². The van der Waals surface area contributed by atoms with Gasteiger partial charge in [0.05, 0.1) is 26.1 Å². The number of carbonyl (C=O) groups excluding carboxylic acids is 2. The third kappa shape index (κ3) is 10.9. The Morgan fingerprint density at radius 2 is 1.78 bits per heavy atom. The number of phosphoric acid groups is 2. The van der Waals surface area contributed by atoms with Crippen molar-refractivity contribution in [3.63, 3.8) is 0 Å². The maximum atomic E-state index is 14.2. The summed E-state index contributed by atoms with van der Waals surface area (Å²) in [5.41, 5.74) is 13.3. The number of allylic oxidation sites excluding steroid dienone is 2. The molecule has 3 aromatic heterocycles. The molecule has 3 aliphatic rings. The number of benzene rings is 1. The van der Waals surface area contributed by atoms with Gasteiger partial charge in [-0.05, 0) is 30.5 Å². The van der Waals surface area contributed by atoms with Gasteiger partial charge in [-0.3, -0.25) is 27.5 Å². The molecule has 4 aromatic rings. The van der Waals surface area contributed by atoms with Gasteiger partial charge in [0.15, 0.2) is 29.5 Å². The number of amides is 1. The van der Waals surface area contributed by atoms with E-state index in [2.05, 4.69) is 41.3 Å². The molecule has 9 N–H and O–H groups in total. The van der Waals surface area contributed by atoms with Crippen LogP contribution in [0.4, 0.5) is 11.6 Å². The van der Waals surface area contributed by atoms with Crippen molar-refractivity contribution >= 4 is 61.6 Å². The fourth-order valence-electron chi connectivity index (χ4n) is 7.12. The second-order valence-corrected chi connectivity index (χ2v) is 17.4. The lowest BCUT2D eigenvalue weighted by Gasteiger charge is -2.24. The number of nitrogen functional groups attached to an aromatic ring is 2. The molecule has 6 heterocycles. The predicted molar refractivity (Wildman–Crippen MR) is 222 cm³/mol. The number of imidazole rings is 1. The lowest BCUT2D eigenvalue weighted by atomic mass is 9.99. The lowest BCUT2D eigenvalue weighted by Crippen LogP contribution is -2.38.